The number of nitrogens with zero attached hydrogens (tertiary/aromatic N) is 5. The van der Waals surface area contributed by atoms with Gasteiger partial charge in [0.1, 0.15) is 0 Å². The van der Waals surface area contributed by atoms with Gasteiger partial charge in [0, 0.05) is 16.7 Å². The van der Waals surface area contributed by atoms with Gasteiger partial charge in [-0.3, -0.25) is 0 Å². The molecule has 0 bridgehead atoms. The Hall–Kier alpha value is -6.69. The number of aromatic nitrogens is 3. The molecule has 6 aromatic carbocycles. The summed E-state index contributed by atoms with van der Waals surface area (Å²) in [4.78, 5) is 18.6. The van der Waals surface area contributed by atoms with Crippen molar-refractivity contribution in [3.63, 3.8) is 0 Å². The van der Waals surface area contributed by atoms with Crippen molar-refractivity contribution in [2.45, 2.75) is 5.41 Å². The van der Waals surface area contributed by atoms with Crippen LogP contribution in [0.15, 0.2) is 152 Å². The highest BCUT2D eigenvalue weighted by Gasteiger charge is 2.46. The summed E-state index contributed by atoms with van der Waals surface area (Å²) in [5.74, 6) is 1.56. The van der Waals surface area contributed by atoms with Crippen LogP contribution in [-0.4, -0.2) is 15.0 Å². The number of hydrogen-bond acceptors (Lipinski definition) is 4. The van der Waals surface area contributed by atoms with Crippen LogP contribution in [0.4, 0.5) is 5.69 Å². The van der Waals surface area contributed by atoms with E-state index >= 15 is 0 Å². The van der Waals surface area contributed by atoms with Crippen LogP contribution in [0.5, 0.6) is 0 Å². The molecular weight excluding hydrogens is 574 g/mol. The summed E-state index contributed by atoms with van der Waals surface area (Å²) in [6, 6.07) is 53.2. The first-order chi connectivity index (χ1) is 23.2. The molecule has 0 N–H and O–H groups in total. The normalized spacial score (nSPS) is 12.4. The van der Waals surface area contributed by atoms with Crippen molar-refractivity contribution in [2.75, 3.05) is 0 Å². The number of rotatable bonds is 5. The van der Waals surface area contributed by atoms with Gasteiger partial charge in [-0.1, -0.05) is 127 Å². The summed E-state index contributed by atoms with van der Waals surface area (Å²) >= 11 is 0. The van der Waals surface area contributed by atoms with Crippen LogP contribution < -0.4 is 0 Å². The van der Waals surface area contributed by atoms with Crippen LogP contribution >= 0.6 is 0 Å². The highest BCUT2D eigenvalue weighted by atomic mass is 15.0. The monoisotopic (exact) mass is 599 g/mol. The van der Waals surface area contributed by atoms with Gasteiger partial charge in [0.05, 0.1) is 23.6 Å². The largest absolute Gasteiger partial charge is 0.238 e. The predicted molar refractivity (Wildman–Crippen MR) is 184 cm³/mol. The fourth-order valence-electron chi connectivity index (χ4n) is 6.81. The number of nitriles is 1. The van der Waals surface area contributed by atoms with E-state index in [9.17, 15) is 5.26 Å². The standard InChI is InChI=1S/C42H25N5/c1-44-33-25-23-30(24-26-33)40-45-39(29-21-19-28(27-43)20-22-29)46-41(47-40)35-16-10-18-37-38(35)34-15-8-9-17-36(34)42(37,31-11-4-2-5-12-31)32-13-6-3-7-14-32/h2-26H. The van der Waals surface area contributed by atoms with E-state index in [2.05, 4.69) is 114 Å². The molecule has 1 heterocycles. The number of fused-ring (bicyclic) bond motifs is 3. The molecule has 1 aliphatic carbocycles. The molecule has 5 nitrogen and oxygen atoms in total. The van der Waals surface area contributed by atoms with Crippen LogP contribution in [0.1, 0.15) is 27.8 Å². The van der Waals surface area contributed by atoms with E-state index in [4.69, 9.17) is 21.5 Å². The van der Waals surface area contributed by atoms with Crippen molar-refractivity contribution < 1.29 is 0 Å². The first-order valence-electron chi connectivity index (χ1n) is 15.3. The molecule has 47 heavy (non-hydrogen) atoms. The maximum absolute atomic E-state index is 9.39. The molecule has 0 unspecified atom stereocenters. The van der Waals surface area contributed by atoms with Crippen LogP contribution in [0.3, 0.4) is 0 Å². The molecule has 0 fully saturated rings. The van der Waals surface area contributed by atoms with Crippen molar-refractivity contribution in [3.8, 4) is 51.4 Å². The van der Waals surface area contributed by atoms with E-state index in [0.717, 1.165) is 33.4 Å². The minimum atomic E-state index is -0.550. The molecule has 0 amide bonds. The lowest BCUT2D eigenvalue weighted by Gasteiger charge is -2.33. The van der Waals surface area contributed by atoms with Crippen molar-refractivity contribution in [1.82, 2.24) is 15.0 Å². The zero-order valence-corrected chi connectivity index (χ0v) is 25.2. The summed E-state index contributed by atoms with van der Waals surface area (Å²) < 4.78 is 0. The molecule has 5 heteroatoms. The van der Waals surface area contributed by atoms with E-state index in [-0.39, 0.29) is 0 Å². The quantitative estimate of drug-likeness (QED) is 0.185. The Balaban J connectivity index is 1.42. The Labute approximate surface area is 273 Å². The third kappa shape index (κ3) is 4.50. The first kappa shape index (κ1) is 27.8. The fourth-order valence-corrected chi connectivity index (χ4v) is 6.81. The Bertz CT molecular complexity index is 2230. The van der Waals surface area contributed by atoms with Crippen molar-refractivity contribution in [2.24, 2.45) is 0 Å². The van der Waals surface area contributed by atoms with Gasteiger partial charge in [0.15, 0.2) is 23.2 Å². The fraction of sp³-hybridized carbons (Fsp3) is 0.0238. The van der Waals surface area contributed by atoms with Crippen molar-refractivity contribution in [3.05, 3.63) is 191 Å². The lowest BCUT2D eigenvalue weighted by molar-refractivity contribution is 0.768. The molecule has 7 aromatic rings. The lowest BCUT2D eigenvalue weighted by atomic mass is 9.67. The highest BCUT2D eigenvalue weighted by molar-refractivity contribution is 5.94. The average Bonchev–Trinajstić information content (AvgIpc) is 3.47. The van der Waals surface area contributed by atoms with Gasteiger partial charge in [-0.15, -0.1) is 0 Å². The third-order valence-electron chi connectivity index (χ3n) is 8.89. The first-order valence-corrected chi connectivity index (χ1v) is 15.3. The summed E-state index contributed by atoms with van der Waals surface area (Å²) in [6.07, 6.45) is 0. The Kier molecular flexibility index (Phi) is 6.72. The van der Waals surface area contributed by atoms with Gasteiger partial charge < -0.3 is 0 Å². The lowest BCUT2D eigenvalue weighted by Crippen LogP contribution is -2.28. The van der Waals surface area contributed by atoms with Gasteiger partial charge in [0.25, 0.3) is 0 Å². The SMILES string of the molecule is [C-]#[N+]c1ccc(-c2nc(-c3ccc(C#N)cc3)nc(-c3cccc4c3-c3ccccc3C4(c3ccccc3)c3ccccc3)n2)cc1. The van der Waals surface area contributed by atoms with Crippen LogP contribution in [0, 0.1) is 17.9 Å². The average molecular weight is 600 g/mol. The molecule has 218 valence electrons. The summed E-state index contributed by atoms with van der Waals surface area (Å²) in [6.45, 7) is 7.39. The highest BCUT2D eigenvalue weighted by Crippen LogP contribution is 2.58. The summed E-state index contributed by atoms with van der Waals surface area (Å²) in [5, 5.41) is 9.39. The minimum Gasteiger partial charge on any atom is -0.238 e. The van der Waals surface area contributed by atoms with E-state index < -0.39 is 5.41 Å². The van der Waals surface area contributed by atoms with E-state index in [1.807, 2.05) is 24.3 Å². The minimum absolute atomic E-state index is 0.505. The summed E-state index contributed by atoms with van der Waals surface area (Å²) in [5.41, 5.74) is 9.98. The van der Waals surface area contributed by atoms with E-state index in [0.29, 0.717) is 28.7 Å². The van der Waals surface area contributed by atoms with E-state index in [1.165, 1.54) is 16.7 Å². The van der Waals surface area contributed by atoms with Crippen LogP contribution in [0.2, 0.25) is 0 Å². The van der Waals surface area contributed by atoms with Gasteiger partial charge in [0.2, 0.25) is 0 Å². The van der Waals surface area contributed by atoms with Gasteiger partial charge in [-0.05, 0) is 57.6 Å². The molecule has 0 atom stereocenters. The zero-order valence-electron chi connectivity index (χ0n) is 25.2. The second-order valence-corrected chi connectivity index (χ2v) is 11.4. The van der Waals surface area contributed by atoms with E-state index in [1.54, 1.807) is 24.3 Å². The number of benzene rings is 6. The van der Waals surface area contributed by atoms with Crippen molar-refractivity contribution >= 4 is 5.69 Å². The zero-order chi connectivity index (χ0) is 31.8. The van der Waals surface area contributed by atoms with Gasteiger partial charge in [-0.25, -0.2) is 19.8 Å². The molecule has 0 spiro atoms. The second kappa shape index (κ2) is 11.3. The maximum atomic E-state index is 9.39. The molecule has 0 aliphatic heterocycles. The molecule has 0 saturated heterocycles. The van der Waals surface area contributed by atoms with Crippen LogP contribution in [0.25, 0.3) is 50.1 Å². The predicted octanol–water partition coefficient (Wildman–Crippen LogP) is 9.66. The summed E-state index contributed by atoms with van der Waals surface area (Å²) in [7, 11) is 0. The maximum Gasteiger partial charge on any atom is 0.187 e. The molecule has 1 aliphatic rings. The smallest absolute Gasteiger partial charge is 0.187 e. The number of hydrogen-bond donors (Lipinski definition) is 0. The second-order valence-electron chi connectivity index (χ2n) is 11.4. The van der Waals surface area contributed by atoms with Gasteiger partial charge in [-0.2, -0.15) is 5.26 Å². The van der Waals surface area contributed by atoms with Crippen molar-refractivity contribution in [1.29, 1.82) is 5.26 Å². The molecule has 1 aromatic heterocycles. The molecule has 0 radical (unpaired) electrons. The Morgan fingerprint density at radius 1 is 0.511 bits per heavy atom. The molecular formula is C42H25N5. The Morgan fingerprint density at radius 2 is 1.02 bits per heavy atom. The topological polar surface area (TPSA) is 66.8 Å². The van der Waals surface area contributed by atoms with Crippen LogP contribution in [-0.2, 0) is 5.41 Å². The third-order valence-corrected chi connectivity index (χ3v) is 8.89. The Morgan fingerprint density at radius 3 is 1.62 bits per heavy atom. The molecule has 8 rings (SSSR count). The molecule has 0 saturated carbocycles. The van der Waals surface area contributed by atoms with Gasteiger partial charge >= 0.3 is 0 Å².